The summed E-state index contributed by atoms with van der Waals surface area (Å²) in [6, 6.07) is 0. The van der Waals surface area contributed by atoms with Crippen LogP contribution in [0.25, 0.3) is 0 Å². The van der Waals surface area contributed by atoms with Gasteiger partial charge in [-0.1, -0.05) is 0 Å². The van der Waals surface area contributed by atoms with Crippen LogP contribution < -0.4 is 0 Å². The Morgan fingerprint density at radius 1 is 1.58 bits per heavy atom. The first-order valence-electron chi connectivity index (χ1n) is 6.44. The van der Waals surface area contributed by atoms with Gasteiger partial charge in [0.05, 0.1) is 18.4 Å². The van der Waals surface area contributed by atoms with Crippen molar-refractivity contribution in [1.82, 2.24) is 9.29 Å². The summed E-state index contributed by atoms with van der Waals surface area (Å²) < 4.78 is 31.1. The van der Waals surface area contributed by atoms with E-state index in [2.05, 4.69) is 4.98 Å². The minimum Gasteiger partial charge on any atom is -0.378 e. The maximum atomic E-state index is 12.1. The predicted octanol–water partition coefficient (Wildman–Crippen LogP) is 1.78. The zero-order valence-corrected chi connectivity index (χ0v) is 13.0. The lowest BCUT2D eigenvalue weighted by atomic mass is 10.2. The second kappa shape index (κ2) is 6.30. The minimum absolute atomic E-state index is 0.116. The third-order valence-corrected chi connectivity index (χ3v) is 6.00. The van der Waals surface area contributed by atoms with E-state index in [0.29, 0.717) is 13.0 Å². The molecule has 1 aromatic rings. The van der Waals surface area contributed by atoms with Crippen molar-refractivity contribution in [2.24, 2.45) is 0 Å². The molecule has 19 heavy (non-hydrogen) atoms. The molecule has 0 aromatic carbocycles. The van der Waals surface area contributed by atoms with E-state index in [1.807, 2.05) is 12.3 Å². The predicted molar refractivity (Wildman–Crippen MR) is 75.7 cm³/mol. The third kappa shape index (κ3) is 4.24. The number of sulfonamides is 1. The molecule has 0 radical (unpaired) electrons. The van der Waals surface area contributed by atoms with E-state index in [0.717, 1.165) is 30.2 Å². The summed E-state index contributed by atoms with van der Waals surface area (Å²) in [6.07, 6.45) is 2.72. The molecule has 0 spiro atoms. The molecule has 2 heterocycles. The van der Waals surface area contributed by atoms with Gasteiger partial charge in [0.2, 0.25) is 10.0 Å². The zero-order chi connectivity index (χ0) is 13.9. The van der Waals surface area contributed by atoms with Gasteiger partial charge in [0.15, 0.2) is 0 Å². The lowest BCUT2D eigenvalue weighted by Gasteiger charge is -2.17. The van der Waals surface area contributed by atoms with Crippen LogP contribution in [0.1, 0.15) is 30.0 Å². The van der Waals surface area contributed by atoms with Crippen LogP contribution in [0, 0.1) is 6.92 Å². The van der Waals surface area contributed by atoms with Crippen molar-refractivity contribution in [3.05, 3.63) is 16.1 Å². The Morgan fingerprint density at radius 3 is 2.95 bits per heavy atom. The molecule has 108 valence electrons. The molecule has 0 unspecified atom stereocenters. The summed E-state index contributed by atoms with van der Waals surface area (Å²) in [7, 11) is -1.60. The van der Waals surface area contributed by atoms with Crippen LogP contribution in [0.2, 0.25) is 0 Å². The molecule has 0 N–H and O–H groups in total. The quantitative estimate of drug-likeness (QED) is 0.804. The Morgan fingerprint density at radius 2 is 2.37 bits per heavy atom. The Balaban J connectivity index is 1.87. The van der Waals surface area contributed by atoms with E-state index in [4.69, 9.17) is 4.74 Å². The topological polar surface area (TPSA) is 59.5 Å². The van der Waals surface area contributed by atoms with Crippen LogP contribution in [0.15, 0.2) is 5.38 Å². The highest BCUT2D eigenvalue weighted by atomic mass is 32.2. The largest absolute Gasteiger partial charge is 0.378 e. The van der Waals surface area contributed by atoms with Crippen molar-refractivity contribution in [2.75, 3.05) is 19.4 Å². The van der Waals surface area contributed by atoms with Gasteiger partial charge in [-0.2, -0.15) is 4.31 Å². The first-order chi connectivity index (χ1) is 8.97. The van der Waals surface area contributed by atoms with E-state index in [1.54, 1.807) is 7.05 Å². The molecule has 1 aromatic heterocycles. The van der Waals surface area contributed by atoms with Gasteiger partial charge in [-0.15, -0.1) is 11.3 Å². The molecule has 1 atom stereocenters. The molecule has 2 rings (SSSR count). The van der Waals surface area contributed by atoms with Crippen molar-refractivity contribution >= 4 is 21.4 Å². The number of aryl methyl sites for hydroxylation is 1. The van der Waals surface area contributed by atoms with Gasteiger partial charge in [-0.3, -0.25) is 0 Å². The lowest BCUT2D eigenvalue weighted by molar-refractivity contribution is 0.108. The Labute approximate surface area is 118 Å². The molecule has 1 aliphatic heterocycles. The number of aromatic nitrogens is 1. The van der Waals surface area contributed by atoms with E-state index < -0.39 is 10.0 Å². The van der Waals surface area contributed by atoms with Crippen LogP contribution in [-0.4, -0.2) is 43.2 Å². The highest BCUT2D eigenvalue weighted by Crippen LogP contribution is 2.18. The van der Waals surface area contributed by atoms with Gasteiger partial charge in [0.25, 0.3) is 0 Å². The highest BCUT2D eigenvalue weighted by Gasteiger charge is 2.23. The minimum atomic E-state index is -3.22. The summed E-state index contributed by atoms with van der Waals surface area (Å²) in [5.74, 6) is 0.151. The van der Waals surface area contributed by atoms with Crippen LogP contribution in [-0.2, 0) is 21.3 Å². The summed E-state index contributed by atoms with van der Waals surface area (Å²) in [5.41, 5.74) is 0.935. The van der Waals surface area contributed by atoms with Gasteiger partial charge in [0.1, 0.15) is 5.01 Å². The molecule has 1 saturated heterocycles. The van der Waals surface area contributed by atoms with Gasteiger partial charge in [-0.05, 0) is 26.2 Å². The molecule has 1 aliphatic rings. The fourth-order valence-corrected chi connectivity index (χ4v) is 4.17. The van der Waals surface area contributed by atoms with Crippen molar-refractivity contribution in [2.45, 2.75) is 38.8 Å². The molecule has 0 amide bonds. The molecule has 5 nitrogen and oxygen atoms in total. The number of nitrogens with zero attached hydrogens (tertiary/aromatic N) is 2. The van der Waals surface area contributed by atoms with Crippen LogP contribution >= 0.6 is 11.3 Å². The Hall–Kier alpha value is -0.500. The molecule has 0 aliphatic carbocycles. The third-order valence-electron chi connectivity index (χ3n) is 3.22. The van der Waals surface area contributed by atoms with Gasteiger partial charge in [0, 0.05) is 24.7 Å². The monoisotopic (exact) mass is 304 g/mol. The number of hydrogen-bond acceptors (Lipinski definition) is 5. The Bertz CT molecular complexity index is 507. The Kier molecular flexibility index (Phi) is 4.94. The normalized spacial score (nSPS) is 20.3. The smallest absolute Gasteiger partial charge is 0.214 e. The number of hydrogen-bond donors (Lipinski definition) is 0. The molecular weight excluding hydrogens is 284 g/mol. The molecule has 0 bridgehead atoms. The number of ether oxygens (including phenoxy) is 1. The van der Waals surface area contributed by atoms with Crippen molar-refractivity contribution in [1.29, 1.82) is 0 Å². The zero-order valence-electron chi connectivity index (χ0n) is 11.3. The van der Waals surface area contributed by atoms with Crippen molar-refractivity contribution < 1.29 is 13.2 Å². The van der Waals surface area contributed by atoms with E-state index in [-0.39, 0.29) is 11.9 Å². The van der Waals surface area contributed by atoms with Crippen molar-refractivity contribution in [3.63, 3.8) is 0 Å². The SMILES string of the molecule is Cc1csc(CN(C)S(=O)(=O)CC[C@@H]2CCCO2)n1. The standard InChI is InChI=1S/C12H20N2O3S2/c1-10-9-18-12(13-10)8-14(2)19(15,16)7-5-11-4-3-6-17-11/h9,11H,3-8H2,1-2H3/t11-/m0/s1. The second-order valence-electron chi connectivity index (χ2n) is 4.88. The van der Waals surface area contributed by atoms with Gasteiger partial charge >= 0.3 is 0 Å². The first kappa shape index (κ1) is 14.9. The van der Waals surface area contributed by atoms with Crippen molar-refractivity contribution in [3.8, 4) is 0 Å². The van der Waals surface area contributed by atoms with Crippen LogP contribution in [0.4, 0.5) is 0 Å². The average molecular weight is 304 g/mol. The van der Waals surface area contributed by atoms with Gasteiger partial charge in [-0.25, -0.2) is 13.4 Å². The number of thiazole rings is 1. The summed E-state index contributed by atoms with van der Waals surface area (Å²) >= 11 is 1.50. The van der Waals surface area contributed by atoms with E-state index in [1.165, 1.54) is 15.6 Å². The molecule has 7 heteroatoms. The maximum absolute atomic E-state index is 12.1. The van der Waals surface area contributed by atoms with Gasteiger partial charge < -0.3 is 4.74 Å². The summed E-state index contributed by atoms with van der Waals surface area (Å²) in [4.78, 5) is 4.29. The molecular formula is C12H20N2O3S2. The highest BCUT2D eigenvalue weighted by molar-refractivity contribution is 7.89. The van der Waals surface area contributed by atoms with Crippen LogP contribution in [0.5, 0.6) is 0 Å². The first-order valence-corrected chi connectivity index (χ1v) is 8.93. The number of rotatable bonds is 6. The van der Waals surface area contributed by atoms with Crippen LogP contribution in [0.3, 0.4) is 0 Å². The van der Waals surface area contributed by atoms with E-state index in [9.17, 15) is 8.42 Å². The second-order valence-corrected chi connectivity index (χ2v) is 8.02. The molecule has 1 fully saturated rings. The fraction of sp³-hybridized carbons (Fsp3) is 0.750. The average Bonchev–Trinajstić information content (AvgIpc) is 2.98. The lowest BCUT2D eigenvalue weighted by Crippen LogP contribution is -2.30. The summed E-state index contributed by atoms with van der Waals surface area (Å²) in [6.45, 7) is 3.03. The van der Waals surface area contributed by atoms with E-state index >= 15 is 0 Å². The maximum Gasteiger partial charge on any atom is 0.214 e. The molecule has 0 saturated carbocycles. The summed E-state index contributed by atoms with van der Waals surface area (Å²) in [5, 5.41) is 2.77. The fourth-order valence-electron chi connectivity index (χ4n) is 2.07.